The molecule has 0 aliphatic carbocycles. The van der Waals surface area contributed by atoms with Gasteiger partial charge in [-0.2, -0.15) is 4.37 Å². The summed E-state index contributed by atoms with van der Waals surface area (Å²) in [7, 11) is 0. The lowest BCUT2D eigenvalue weighted by Gasteiger charge is -2.35. The van der Waals surface area contributed by atoms with Gasteiger partial charge in [0.15, 0.2) is 0 Å². The highest BCUT2D eigenvalue weighted by molar-refractivity contribution is 7.13. The number of para-hydroxylation sites is 1. The van der Waals surface area contributed by atoms with E-state index in [1.807, 2.05) is 35.8 Å². The van der Waals surface area contributed by atoms with Crippen molar-refractivity contribution < 1.29 is 0 Å². The Balaban J connectivity index is 1.13. The zero-order valence-electron chi connectivity index (χ0n) is 17.8. The second-order valence-electron chi connectivity index (χ2n) is 8.17. The lowest BCUT2D eigenvalue weighted by molar-refractivity contribution is 0.251. The van der Waals surface area contributed by atoms with Crippen molar-refractivity contribution in [1.29, 1.82) is 0 Å². The molecule has 1 aliphatic heterocycles. The molecule has 1 fully saturated rings. The van der Waals surface area contributed by atoms with Crippen LogP contribution in [0, 0.1) is 6.92 Å². The summed E-state index contributed by atoms with van der Waals surface area (Å²) in [5.41, 5.74) is 0.860. The van der Waals surface area contributed by atoms with Crippen molar-refractivity contribution in [1.82, 2.24) is 18.8 Å². The Hall–Kier alpha value is -2.77. The van der Waals surface area contributed by atoms with Gasteiger partial charge in [0.2, 0.25) is 0 Å². The van der Waals surface area contributed by atoms with E-state index in [0.29, 0.717) is 5.39 Å². The molecule has 5 rings (SSSR count). The van der Waals surface area contributed by atoms with E-state index in [2.05, 4.69) is 39.0 Å². The Labute approximate surface area is 185 Å². The molecule has 160 valence electrons. The van der Waals surface area contributed by atoms with E-state index in [1.165, 1.54) is 10.1 Å². The van der Waals surface area contributed by atoms with Gasteiger partial charge in [0.05, 0.1) is 15.6 Å². The highest BCUT2D eigenvalue weighted by Crippen LogP contribution is 2.29. The fraction of sp³-hybridized carbons (Fsp3) is 0.375. The Morgan fingerprint density at radius 1 is 0.903 bits per heavy atom. The van der Waals surface area contributed by atoms with Crippen molar-refractivity contribution in [2.75, 3.05) is 37.6 Å². The van der Waals surface area contributed by atoms with Gasteiger partial charge in [-0.05, 0) is 62.1 Å². The van der Waals surface area contributed by atoms with Crippen molar-refractivity contribution in [2.45, 2.75) is 26.3 Å². The lowest BCUT2D eigenvalue weighted by Crippen LogP contribution is -2.46. The molecule has 1 aliphatic rings. The van der Waals surface area contributed by atoms with Gasteiger partial charge in [0, 0.05) is 38.1 Å². The Morgan fingerprint density at radius 3 is 2.45 bits per heavy atom. The van der Waals surface area contributed by atoms with Crippen LogP contribution in [0.3, 0.4) is 0 Å². The molecular formula is C24H27N5OS. The Bertz CT molecular complexity index is 1260. The van der Waals surface area contributed by atoms with Crippen LogP contribution in [0.1, 0.15) is 18.7 Å². The van der Waals surface area contributed by atoms with E-state index in [9.17, 15) is 4.79 Å². The van der Waals surface area contributed by atoms with Crippen LogP contribution in [0.4, 0.5) is 5.82 Å². The fourth-order valence-corrected chi connectivity index (χ4v) is 5.23. The summed E-state index contributed by atoms with van der Waals surface area (Å²) in [6.07, 6.45) is 2.07. The highest BCUT2D eigenvalue weighted by Gasteiger charge is 2.20. The smallest absolute Gasteiger partial charge is 0.261 e. The van der Waals surface area contributed by atoms with E-state index in [0.717, 1.165) is 69.3 Å². The third-order valence-electron chi connectivity index (χ3n) is 6.19. The zero-order chi connectivity index (χ0) is 21.2. The minimum Gasteiger partial charge on any atom is -0.353 e. The molecule has 0 N–H and O–H groups in total. The van der Waals surface area contributed by atoms with E-state index >= 15 is 0 Å². The maximum absolute atomic E-state index is 12.8. The summed E-state index contributed by atoms with van der Waals surface area (Å²) in [6, 6.07) is 16.1. The summed E-state index contributed by atoms with van der Waals surface area (Å²) in [4.78, 5) is 22.3. The standard InChI is InChI=1S/C24H27N5OS/c1-18-25-21-10-4-2-8-19(21)24(30)29(18)13-7-6-12-27-14-16-28(17-15-27)23-20-9-3-5-11-22(20)31-26-23/h2-5,8-11H,6-7,12-17H2,1H3. The largest absolute Gasteiger partial charge is 0.353 e. The quantitative estimate of drug-likeness (QED) is 0.432. The number of aromatic nitrogens is 3. The molecule has 2 aromatic carbocycles. The number of unbranched alkanes of at least 4 members (excludes halogenated alkanes) is 1. The topological polar surface area (TPSA) is 54.3 Å². The third-order valence-corrected chi connectivity index (χ3v) is 7.01. The molecule has 0 atom stereocenters. The number of piperazine rings is 1. The number of anilines is 1. The average Bonchev–Trinajstić information content (AvgIpc) is 3.23. The summed E-state index contributed by atoms with van der Waals surface area (Å²) in [6.45, 7) is 7.87. The first kappa shape index (κ1) is 20.2. The number of hydrogen-bond acceptors (Lipinski definition) is 6. The van der Waals surface area contributed by atoms with Gasteiger partial charge in [-0.25, -0.2) is 4.98 Å². The van der Waals surface area contributed by atoms with E-state index in [4.69, 9.17) is 4.37 Å². The summed E-state index contributed by atoms with van der Waals surface area (Å²) >= 11 is 1.59. The van der Waals surface area contributed by atoms with Crippen LogP contribution in [0.25, 0.3) is 21.0 Å². The fourth-order valence-electron chi connectivity index (χ4n) is 4.43. The predicted molar refractivity (Wildman–Crippen MR) is 128 cm³/mol. The molecular weight excluding hydrogens is 406 g/mol. The van der Waals surface area contributed by atoms with Gasteiger partial charge >= 0.3 is 0 Å². The Kier molecular flexibility index (Phi) is 5.70. The van der Waals surface area contributed by atoms with Crippen LogP contribution < -0.4 is 10.5 Å². The van der Waals surface area contributed by atoms with Crippen LogP contribution in [-0.2, 0) is 6.54 Å². The first-order valence-electron chi connectivity index (χ1n) is 11.0. The normalized spacial score (nSPS) is 15.2. The second kappa shape index (κ2) is 8.77. The minimum absolute atomic E-state index is 0.0761. The van der Waals surface area contributed by atoms with Crippen molar-refractivity contribution in [2.24, 2.45) is 0 Å². The molecule has 6 nitrogen and oxygen atoms in total. The maximum atomic E-state index is 12.8. The molecule has 0 radical (unpaired) electrons. The molecule has 2 aromatic heterocycles. The average molecular weight is 434 g/mol. The summed E-state index contributed by atoms with van der Waals surface area (Å²) in [5, 5.41) is 1.98. The molecule has 0 spiro atoms. The molecule has 0 bridgehead atoms. The predicted octanol–water partition coefficient (Wildman–Crippen LogP) is 3.92. The van der Waals surface area contributed by atoms with E-state index in [-0.39, 0.29) is 5.56 Å². The molecule has 0 amide bonds. The number of nitrogens with zero attached hydrogens (tertiary/aromatic N) is 5. The van der Waals surface area contributed by atoms with Crippen molar-refractivity contribution in [3.05, 3.63) is 64.7 Å². The Morgan fingerprint density at radius 2 is 1.61 bits per heavy atom. The zero-order valence-corrected chi connectivity index (χ0v) is 18.6. The molecule has 1 saturated heterocycles. The third kappa shape index (κ3) is 4.07. The van der Waals surface area contributed by atoms with Crippen LogP contribution in [0.5, 0.6) is 0 Å². The lowest BCUT2D eigenvalue weighted by atomic mass is 10.2. The minimum atomic E-state index is 0.0761. The van der Waals surface area contributed by atoms with Gasteiger partial charge in [0.25, 0.3) is 5.56 Å². The van der Waals surface area contributed by atoms with Crippen LogP contribution in [0.15, 0.2) is 53.3 Å². The van der Waals surface area contributed by atoms with E-state index in [1.54, 1.807) is 11.5 Å². The number of fused-ring (bicyclic) bond motifs is 2. The summed E-state index contributed by atoms with van der Waals surface area (Å²) < 4.78 is 7.79. The van der Waals surface area contributed by atoms with E-state index < -0.39 is 0 Å². The molecule has 4 aromatic rings. The van der Waals surface area contributed by atoms with Crippen molar-refractivity contribution in [3.63, 3.8) is 0 Å². The number of aryl methyl sites for hydroxylation is 1. The first-order valence-corrected chi connectivity index (χ1v) is 11.8. The van der Waals surface area contributed by atoms with Crippen molar-refractivity contribution in [3.8, 4) is 0 Å². The van der Waals surface area contributed by atoms with Crippen molar-refractivity contribution >= 4 is 38.3 Å². The number of benzene rings is 2. The first-order chi connectivity index (χ1) is 15.2. The van der Waals surface area contributed by atoms with Gasteiger partial charge in [-0.3, -0.25) is 14.3 Å². The van der Waals surface area contributed by atoms with Crippen LogP contribution in [0.2, 0.25) is 0 Å². The number of rotatable bonds is 6. The maximum Gasteiger partial charge on any atom is 0.261 e. The van der Waals surface area contributed by atoms with Gasteiger partial charge in [-0.15, -0.1) is 0 Å². The van der Waals surface area contributed by atoms with Crippen LogP contribution >= 0.6 is 11.5 Å². The molecule has 3 heterocycles. The molecule has 0 saturated carbocycles. The SMILES string of the molecule is Cc1nc2ccccc2c(=O)n1CCCCN1CCN(c2nsc3ccccc23)CC1. The van der Waals surface area contributed by atoms with Gasteiger partial charge < -0.3 is 4.90 Å². The van der Waals surface area contributed by atoms with Gasteiger partial charge in [-0.1, -0.05) is 24.3 Å². The molecule has 0 unspecified atom stereocenters. The monoisotopic (exact) mass is 433 g/mol. The number of hydrogen-bond donors (Lipinski definition) is 0. The molecule has 31 heavy (non-hydrogen) atoms. The van der Waals surface area contributed by atoms with Gasteiger partial charge in [0.1, 0.15) is 11.6 Å². The molecule has 7 heteroatoms. The van der Waals surface area contributed by atoms with Crippen LogP contribution in [-0.4, -0.2) is 51.5 Å². The second-order valence-corrected chi connectivity index (χ2v) is 8.98. The highest BCUT2D eigenvalue weighted by atomic mass is 32.1. The summed E-state index contributed by atoms with van der Waals surface area (Å²) in [5.74, 6) is 1.94.